The number of hydrogen-bond donors (Lipinski definition) is 3. The molecule has 0 amide bonds. The lowest BCUT2D eigenvalue weighted by atomic mass is 10.2. The molecule has 0 saturated heterocycles. The lowest BCUT2D eigenvalue weighted by Gasteiger charge is -2.08. The minimum Gasteiger partial charge on any atom is -0.477 e. The Labute approximate surface area is 111 Å². The van der Waals surface area contributed by atoms with E-state index >= 15 is 0 Å². The van der Waals surface area contributed by atoms with Crippen LogP contribution in [0.5, 0.6) is 0 Å². The Morgan fingerprint density at radius 3 is 2.40 bits per heavy atom. The molecule has 0 spiro atoms. The van der Waals surface area contributed by atoms with E-state index in [1.54, 1.807) is 0 Å². The van der Waals surface area contributed by atoms with E-state index in [1.807, 2.05) is 0 Å². The number of halogens is 3. The minimum atomic E-state index is -4.41. The van der Waals surface area contributed by atoms with Crippen molar-refractivity contribution < 1.29 is 23.1 Å². The van der Waals surface area contributed by atoms with Gasteiger partial charge in [0.25, 0.3) is 0 Å². The number of aromatic amines is 1. The number of aromatic nitrogens is 2. The average Bonchev–Trinajstić information content (AvgIpc) is 2.70. The molecule has 20 heavy (non-hydrogen) atoms. The number of nitrogens with zero attached hydrogens (tertiary/aromatic N) is 1. The lowest BCUT2D eigenvalue weighted by molar-refractivity contribution is -0.137. The molecular formula is C12H10F3N3O2. The second-order valence-corrected chi connectivity index (χ2v) is 4.08. The van der Waals surface area contributed by atoms with Gasteiger partial charge in [-0.25, -0.2) is 4.79 Å². The summed E-state index contributed by atoms with van der Waals surface area (Å²) in [6.45, 7) is 1.54. The summed E-state index contributed by atoms with van der Waals surface area (Å²) >= 11 is 0. The van der Waals surface area contributed by atoms with E-state index in [9.17, 15) is 18.0 Å². The van der Waals surface area contributed by atoms with Crippen molar-refractivity contribution in [1.82, 2.24) is 10.2 Å². The van der Waals surface area contributed by atoms with E-state index in [0.29, 0.717) is 11.4 Å². The molecule has 0 aliphatic rings. The molecule has 0 aliphatic heterocycles. The molecule has 1 aromatic carbocycles. The van der Waals surface area contributed by atoms with E-state index in [0.717, 1.165) is 12.1 Å². The van der Waals surface area contributed by atoms with Crippen LogP contribution in [0.2, 0.25) is 0 Å². The molecule has 0 aliphatic carbocycles. The third-order valence-corrected chi connectivity index (χ3v) is 2.64. The van der Waals surface area contributed by atoms with Crippen LogP contribution < -0.4 is 5.32 Å². The predicted molar refractivity (Wildman–Crippen MR) is 65.0 cm³/mol. The van der Waals surface area contributed by atoms with Gasteiger partial charge in [0, 0.05) is 11.4 Å². The number of carboxylic acids is 1. The Balaban J connectivity index is 2.25. The van der Waals surface area contributed by atoms with Gasteiger partial charge in [0.15, 0.2) is 5.82 Å². The van der Waals surface area contributed by atoms with Crippen LogP contribution in [-0.4, -0.2) is 21.3 Å². The van der Waals surface area contributed by atoms with Crippen LogP contribution >= 0.6 is 0 Å². The molecule has 0 fully saturated rings. The number of carbonyl (C=O) groups is 1. The van der Waals surface area contributed by atoms with Crippen LogP contribution in [0, 0.1) is 6.92 Å². The van der Waals surface area contributed by atoms with Crippen molar-refractivity contribution >= 4 is 17.5 Å². The van der Waals surface area contributed by atoms with Gasteiger partial charge in [0.2, 0.25) is 0 Å². The first-order valence-corrected chi connectivity index (χ1v) is 5.51. The average molecular weight is 285 g/mol. The van der Waals surface area contributed by atoms with Gasteiger partial charge in [-0.3, -0.25) is 5.10 Å². The van der Waals surface area contributed by atoms with Gasteiger partial charge in [0.1, 0.15) is 5.56 Å². The third-order valence-electron chi connectivity index (χ3n) is 2.64. The summed E-state index contributed by atoms with van der Waals surface area (Å²) in [7, 11) is 0. The van der Waals surface area contributed by atoms with Gasteiger partial charge in [-0.15, -0.1) is 0 Å². The van der Waals surface area contributed by atoms with Crippen molar-refractivity contribution in [2.45, 2.75) is 13.1 Å². The van der Waals surface area contributed by atoms with Crippen molar-refractivity contribution in [2.24, 2.45) is 0 Å². The van der Waals surface area contributed by atoms with Crippen molar-refractivity contribution in [2.75, 3.05) is 5.32 Å². The van der Waals surface area contributed by atoms with Crippen molar-refractivity contribution in [3.8, 4) is 0 Å². The van der Waals surface area contributed by atoms with Crippen LogP contribution in [0.3, 0.4) is 0 Å². The summed E-state index contributed by atoms with van der Waals surface area (Å²) in [6, 6.07) is 4.22. The van der Waals surface area contributed by atoms with Gasteiger partial charge in [-0.05, 0) is 31.2 Å². The Morgan fingerprint density at radius 2 is 1.90 bits per heavy atom. The molecule has 5 nitrogen and oxygen atoms in total. The minimum absolute atomic E-state index is 0.0507. The summed E-state index contributed by atoms with van der Waals surface area (Å²) in [5.74, 6) is -1.12. The maximum absolute atomic E-state index is 12.4. The molecule has 0 bridgehead atoms. The van der Waals surface area contributed by atoms with Gasteiger partial charge < -0.3 is 10.4 Å². The number of rotatable bonds is 3. The molecule has 0 unspecified atom stereocenters. The molecular weight excluding hydrogens is 275 g/mol. The highest BCUT2D eigenvalue weighted by atomic mass is 19.4. The first kappa shape index (κ1) is 13.9. The zero-order valence-corrected chi connectivity index (χ0v) is 10.2. The normalized spacial score (nSPS) is 11.4. The van der Waals surface area contributed by atoms with Crippen molar-refractivity contribution in [3.05, 3.63) is 41.1 Å². The molecule has 3 N–H and O–H groups in total. The topological polar surface area (TPSA) is 78.0 Å². The summed E-state index contributed by atoms with van der Waals surface area (Å²) in [6.07, 6.45) is -4.41. The van der Waals surface area contributed by atoms with E-state index in [-0.39, 0.29) is 11.4 Å². The molecule has 1 heterocycles. The second kappa shape index (κ2) is 4.87. The summed E-state index contributed by atoms with van der Waals surface area (Å²) < 4.78 is 37.2. The van der Waals surface area contributed by atoms with Crippen LogP contribution in [0.1, 0.15) is 21.6 Å². The Kier molecular flexibility index (Phi) is 3.39. The molecule has 2 rings (SSSR count). The summed E-state index contributed by atoms with van der Waals surface area (Å²) in [5, 5.41) is 17.9. The Morgan fingerprint density at radius 1 is 1.30 bits per heavy atom. The van der Waals surface area contributed by atoms with Gasteiger partial charge >= 0.3 is 12.1 Å². The van der Waals surface area contributed by atoms with E-state index in [2.05, 4.69) is 15.5 Å². The predicted octanol–water partition coefficient (Wildman–Crippen LogP) is 3.18. The third kappa shape index (κ3) is 2.73. The van der Waals surface area contributed by atoms with Gasteiger partial charge in [-0.1, -0.05) is 0 Å². The number of benzene rings is 1. The summed E-state index contributed by atoms with van der Waals surface area (Å²) in [5.41, 5.74) is -0.163. The SMILES string of the molecule is Cc1[nH]nc(Nc2ccc(C(F)(F)F)cc2)c1C(=O)O. The van der Waals surface area contributed by atoms with Crippen molar-refractivity contribution in [3.63, 3.8) is 0 Å². The number of anilines is 2. The van der Waals surface area contributed by atoms with Gasteiger partial charge in [0.05, 0.1) is 5.56 Å². The van der Waals surface area contributed by atoms with Crippen LogP contribution in [-0.2, 0) is 6.18 Å². The van der Waals surface area contributed by atoms with E-state index in [1.165, 1.54) is 19.1 Å². The van der Waals surface area contributed by atoms with Crippen molar-refractivity contribution in [1.29, 1.82) is 0 Å². The Hall–Kier alpha value is -2.51. The highest BCUT2D eigenvalue weighted by Gasteiger charge is 2.30. The molecule has 8 heteroatoms. The maximum Gasteiger partial charge on any atom is 0.416 e. The highest BCUT2D eigenvalue weighted by molar-refractivity contribution is 5.95. The molecule has 0 atom stereocenters. The standard InChI is InChI=1S/C12H10F3N3O2/c1-6-9(11(19)20)10(18-17-6)16-8-4-2-7(3-5-8)12(13,14)15/h2-5H,1H3,(H,19,20)(H2,16,17,18). The number of nitrogens with one attached hydrogen (secondary N) is 2. The quantitative estimate of drug-likeness (QED) is 0.809. The van der Waals surface area contributed by atoms with Gasteiger partial charge in [-0.2, -0.15) is 18.3 Å². The fourth-order valence-electron chi connectivity index (χ4n) is 1.66. The zero-order chi connectivity index (χ0) is 14.9. The fourth-order valence-corrected chi connectivity index (χ4v) is 1.66. The maximum atomic E-state index is 12.4. The number of alkyl halides is 3. The van der Waals surface area contributed by atoms with E-state index in [4.69, 9.17) is 5.11 Å². The number of hydrogen-bond acceptors (Lipinski definition) is 3. The monoisotopic (exact) mass is 285 g/mol. The Bertz CT molecular complexity index is 632. The molecule has 106 valence electrons. The first-order valence-electron chi connectivity index (χ1n) is 5.51. The van der Waals surface area contributed by atoms with Crippen LogP contribution in [0.15, 0.2) is 24.3 Å². The first-order chi connectivity index (χ1) is 9.29. The number of H-pyrrole nitrogens is 1. The lowest BCUT2D eigenvalue weighted by Crippen LogP contribution is -2.05. The zero-order valence-electron chi connectivity index (χ0n) is 10.2. The fraction of sp³-hybridized carbons (Fsp3) is 0.167. The summed E-state index contributed by atoms with van der Waals surface area (Å²) in [4.78, 5) is 11.0. The van der Waals surface area contributed by atoms with Crippen LogP contribution in [0.4, 0.5) is 24.7 Å². The molecule has 1 aromatic heterocycles. The number of aryl methyl sites for hydroxylation is 1. The smallest absolute Gasteiger partial charge is 0.416 e. The number of carboxylic acid groups (broad SMARTS) is 1. The second-order valence-electron chi connectivity index (χ2n) is 4.08. The largest absolute Gasteiger partial charge is 0.477 e. The molecule has 0 radical (unpaired) electrons. The van der Waals surface area contributed by atoms with E-state index < -0.39 is 17.7 Å². The molecule has 0 saturated carbocycles. The number of aromatic carboxylic acids is 1. The van der Waals surface area contributed by atoms with Crippen LogP contribution in [0.25, 0.3) is 0 Å². The molecule has 2 aromatic rings. The highest BCUT2D eigenvalue weighted by Crippen LogP contribution is 2.30.